The van der Waals surface area contributed by atoms with E-state index in [1.807, 2.05) is 17.8 Å². The van der Waals surface area contributed by atoms with Gasteiger partial charge in [0.05, 0.1) is 4.90 Å². The van der Waals surface area contributed by atoms with Crippen LogP contribution in [0.3, 0.4) is 0 Å². The molecule has 3 N–H and O–H groups in total. The van der Waals surface area contributed by atoms with Gasteiger partial charge in [-0.2, -0.15) is 0 Å². The Balaban J connectivity index is 1.96. The van der Waals surface area contributed by atoms with Crippen LogP contribution in [0.25, 0.3) is 0 Å². The monoisotopic (exact) mass is 308 g/mol. The Morgan fingerprint density at radius 1 is 1.24 bits per heavy atom. The predicted molar refractivity (Wildman–Crippen MR) is 81.3 cm³/mol. The predicted octanol–water partition coefficient (Wildman–Crippen LogP) is 0.442. The highest BCUT2D eigenvalue weighted by Crippen LogP contribution is 2.10. The molecule has 0 fully saturated rings. The maximum Gasteiger partial charge on any atom is 0.240 e. The second kappa shape index (κ2) is 6.84. The van der Waals surface area contributed by atoms with Gasteiger partial charge in [0.2, 0.25) is 10.0 Å². The fraction of sp³-hybridized carbons (Fsp3) is 0.357. The van der Waals surface area contributed by atoms with Crippen molar-refractivity contribution in [1.29, 1.82) is 0 Å². The number of aromatic nitrogens is 2. The number of hydrogen-bond acceptors (Lipinski definition) is 4. The summed E-state index contributed by atoms with van der Waals surface area (Å²) in [5.41, 5.74) is 6.50. The van der Waals surface area contributed by atoms with E-state index in [1.54, 1.807) is 30.5 Å². The molecule has 114 valence electrons. The maximum atomic E-state index is 12.2. The first-order valence-electron chi connectivity index (χ1n) is 6.78. The second-order valence-corrected chi connectivity index (χ2v) is 6.55. The molecule has 2 rings (SSSR count). The quantitative estimate of drug-likeness (QED) is 0.777. The van der Waals surface area contributed by atoms with Crippen molar-refractivity contribution in [2.75, 3.05) is 13.1 Å². The third-order valence-corrected chi connectivity index (χ3v) is 4.71. The van der Waals surface area contributed by atoms with Crippen LogP contribution in [0, 0.1) is 0 Å². The lowest BCUT2D eigenvalue weighted by Crippen LogP contribution is -2.26. The molecule has 0 unspecified atom stereocenters. The Hall–Kier alpha value is -1.70. The van der Waals surface area contributed by atoms with E-state index >= 15 is 0 Å². The van der Waals surface area contributed by atoms with Crippen LogP contribution in [0.2, 0.25) is 0 Å². The minimum absolute atomic E-state index is 0.267. The number of imidazole rings is 1. The highest BCUT2D eigenvalue weighted by molar-refractivity contribution is 7.89. The molecule has 0 spiro atoms. The Labute approximate surface area is 125 Å². The fourth-order valence-electron chi connectivity index (χ4n) is 2.02. The zero-order valence-corrected chi connectivity index (χ0v) is 12.8. The van der Waals surface area contributed by atoms with Crippen LogP contribution in [-0.2, 0) is 29.9 Å². The zero-order chi connectivity index (χ0) is 15.3. The number of benzene rings is 1. The number of nitrogens with one attached hydrogen (secondary N) is 1. The van der Waals surface area contributed by atoms with Crippen LogP contribution < -0.4 is 10.5 Å². The molecule has 1 aromatic heterocycles. The fourth-order valence-corrected chi connectivity index (χ4v) is 3.05. The average molecular weight is 308 g/mol. The van der Waals surface area contributed by atoms with Gasteiger partial charge >= 0.3 is 0 Å². The summed E-state index contributed by atoms with van der Waals surface area (Å²) in [6.07, 6.45) is 4.82. The highest BCUT2D eigenvalue weighted by atomic mass is 32.2. The molecule has 0 saturated carbocycles. The molecule has 7 heteroatoms. The number of sulfonamides is 1. The van der Waals surface area contributed by atoms with E-state index < -0.39 is 10.0 Å². The molecular formula is C14H20N4O2S. The molecule has 21 heavy (non-hydrogen) atoms. The number of nitrogens with two attached hydrogens (primary N) is 1. The summed E-state index contributed by atoms with van der Waals surface area (Å²) in [4.78, 5) is 4.42. The normalized spacial score (nSPS) is 11.7. The molecule has 0 aliphatic rings. The Morgan fingerprint density at radius 3 is 2.52 bits per heavy atom. The molecule has 0 aliphatic heterocycles. The van der Waals surface area contributed by atoms with Gasteiger partial charge in [-0.25, -0.2) is 18.1 Å². The van der Waals surface area contributed by atoms with Crippen molar-refractivity contribution in [1.82, 2.24) is 14.3 Å². The minimum atomic E-state index is -3.48. The van der Waals surface area contributed by atoms with Crippen LogP contribution in [0.15, 0.2) is 41.6 Å². The van der Waals surface area contributed by atoms with Crippen LogP contribution in [0.1, 0.15) is 11.4 Å². The summed E-state index contributed by atoms with van der Waals surface area (Å²) in [5.74, 6) is 0.844. The second-order valence-electron chi connectivity index (χ2n) is 4.78. The summed E-state index contributed by atoms with van der Waals surface area (Å²) in [7, 11) is -1.59. The van der Waals surface area contributed by atoms with Gasteiger partial charge in [-0.15, -0.1) is 0 Å². The Kier molecular flexibility index (Phi) is 5.11. The van der Waals surface area contributed by atoms with Crippen LogP contribution in [0.4, 0.5) is 0 Å². The molecule has 0 aliphatic carbocycles. The Bertz CT molecular complexity index is 677. The van der Waals surface area contributed by atoms with Gasteiger partial charge in [-0.05, 0) is 30.7 Å². The topological polar surface area (TPSA) is 90.0 Å². The molecule has 1 heterocycles. The third-order valence-electron chi connectivity index (χ3n) is 3.23. The van der Waals surface area contributed by atoms with Crippen molar-refractivity contribution in [3.05, 3.63) is 48.0 Å². The highest BCUT2D eigenvalue weighted by Gasteiger charge is 2.13. The largest absolute Gasteiger partial charge is 0.338 e. The molecule has 0 atom stereocenters. The van der Waals surface area contributed by atoms with E-state index in [4.69, 9.17) is 5.73 Å². The van der Waals surface area contributed by atoms with Gasteiger partial charge < -0.3 is 10.3 Å². The van der Waals surface area contributed by atoms with Gasteiger partial charge in [0.25, 0.3) is 0 Å². The molecule has 0 saturated heterocycles. The average Bonchev–Trinajstić information content (AvgIpc) is 2.85. The van der Waals surface area contributed by atoms with Gasteiger partial charge in [0, 0.05) is 32.4 Å². The number of rotatable bonds is 7. The molecule has 0 radical (unpaired) electrons. The van der Waals surface area contributed by atoms with Gasteiger partial charge in [0.1, 0.15) is 5.82 Å². The molecule has 0 bridgehead atoms. The number of nitrogens with zero attached hydrogens (tertiary/aromatic N) is 2. The first-order chi connectivity index (χ1) is 10.0. The van der Waals surface area contributed by atoms with Crippen LogP contribution in [-0.4, -0.2) is 31.1 Å². The summed E-state index contributed by atoms with van der Waals surface area (Å²) in [6.45, 7) is 0.867. The number of aryl methyl sites for hydroxylation is 1. The third kappa shape index (κ3) is 4.13. The molecule has 6 nitrogen and oxygen atoms in total. The standard InChI is InChI=1S/C14H20N4O2S/c1-18-11-10-16-14(18)7-9-17-21(19,20)13-4-2-12(3-5-13)6-8-15/h2-5,10-11,17H,6-9,15H2,1H3. The first kappa shape index (κ1) is 15.7. The summed E-state index contributed by atoms with van der Waals surface area (Å²) in [6, 6.07) is 6.79. The van der Waals surface area contributed by atoms with Gasteiger partial charge in [-0.1, -0.05) is 12.1 Å². The summed E-state index contributed by atoms with van der Waals surface area (Å²) < 4.78 is 28.8. The van der Waals surface area contributed by atoms with Crippen LogP contribution in [0.5, 0.6) is 0 Å². The van der Waals surface area contributed by atoms with E-state index in [-0.39, 0.29) is 4.90 Å². The molecule has 1 aromatic carbocycles. The zero-order valence-electron chi connectivity index (χ0n) is 12.0. The van der Waals surface area contributed by atoms with Crippen LogP contribution >= 0.6 is 0 Å². The van der Waals surface area contributed by atoms with E-state index in [2.05, 4.69) is 9.71 Å². The first-order valence-corrected chi connectivity index (χ1v) is 8.26. The van der Waals surface area contributed by atoms with Gasteiger partial charge in [-0.3, -0.25) is 0 Å². The van der Waals surface area contributed by atoms with Gasteiger partial charge in [0.15, 0.2) is 0 Å². The molecule has 2 aromatic rings. The van der Waals surface area contributed by atoms with Crippen molar-refractivity contribution in [2.45, 2.75) is 17.7 Å². The maximum absolute atomic E-state index is 12.2. The number of hydrogen-bond donors (Lipinski definition) is 2. The van der Waals surface area contributed by atoms with Crippen molar-refractivity contribution in [2.24, 2.45) is 12.8 Å². The summed E-state index contributed by atoms with van der Waals surface area (Å²) >= 11 is 0. The van der Waals surface area contributed by atoms with Crippen molar-refractivity contribution >= 4 is 10.0 Å². The lowest BCUT2D eigenvalue weighted by molar-refractivity contribution is 0.580. The lowest BCUT2D eigenvalue weighted by Gasteiger charge is -2.07. The Morgan fingerprint density at radius 2 is 1.95 bits per heavy atom. The van der Waals surface area contributed by atoms with E-state index in [9.17, 15) is 8.42 Å². The van der Waals surface area contributed by atoms with Crippen molar-refractivity contribution in [3.63, 3.8) is 0 Å². The van der Waals surface area contributed by atoms with E-state index in [0.29, 0.717) is 19.5 Å². The SMILES string of the molecule is Cn1ccnc1CCNS(=O)(=O)c1ccc(CCN)cc1. The lowest BCUT2D eigenvalue weighted by atomic mass is 10.2. The van der Waals surface area contributed by atoms with E-state index in [0.717, 1.165) is 17.8 Å². The smallest absolute Gasteiger partial charge is 0.240 e. The summed E-state index contributed by atoms with van der Waals surface area (Å²) in [5, 5.41) is 0. The minimum Gasteiger partial charge on any atom is -0.338 e. The van der Waals surface area contributed by atoms with Crippen molar-refractivity contribution in [3.8, 4) is 0 Å². The molecule has 0 amide bonds. The van der Waals surface area contributed by atoms with E-state index in [1.165, 1.54) is 0 Å². The molecular weight excluding hydrogens is 288 g/mol. The van der Waals surface area contributed by atoms with Crippen molar-refractivity contribution < 1.29 is 8.42 Å².